The van der Waals surface area contributed by atoms with E-state index in [1.165, 1.54) is 36.6 Å². The van der Waals surface area contributed by atoms with Gasteiger partial charge in [-0.2, -0.15) is 0 Å². The van der Waals surface area contributed by atoms with E-state index in [1.54, 1.807) is 24.3 Å². The lowest BCUT2D eigenvalue weighted by Crippen LogP contribution is -2.22. The number of methoxy groups -OCH3 is 1. The molecule has 0 radical (unpaired) electrons. The summed E-state index contributed by atoms with van der Waals surface area (Å²) in [5.41, 5.74) is 1.20. The third-order valence-electron chi connectivity index (χ3n) is 3.98. The minimum absolute atomic E-state index is 0.0627. The average Bonchev–Trinajstić information content (AvgIpc) is 3.23. The number of aromatic hydroxyl groups is 1. The number of anilines is 1. The van der Waals surface area contributed by atoms with Gasteiger partial charge in [-0.15, -0.1) is 11.3 Å². The van der Waals surface area contributed by atoms with Gasteiger partial charge in [0.1, 0.15) is 11.5 Å². The molecule has 0 aliphatic carbocycles. The van der Waals surface area contributed by atoms with Gasteiger partial charge in [-0.05, 0) is 41.8 Å². The number of halogens is 2. The van der Waals surface area contributed by atoms with Crippen molar-refractivity contribution in [1.29, 1.82) is 0 Å². The normalized spacial score (nSPS) is 10.4. The van der Waals surface area contributed by atoms with Crippen LogP contribution in [0.2, 0.25) is 10.0 Å². The highest BCUT2D eigenvalue weighted by Crippen LogP contribution is 2.33. The Morgan fingerprint density at radius 2 is 1.93 bits per heavy atom. The zero-order valence-electron chi connectivity index (χ0n) is 15.2. The van der Waals surface area contributed by atoms with Crippen molar-refractivity contribution >= 4 is 52.0 Å². The van der Waals surface area contributed by atoms with Gasteiger partial charge < -0.3 is 20.5 Å². The lowest BCUT2D eigenvalue weighted by atomic mass is 10.1. The largest absolute Gasteiger partial charge is 0.506 e. The number of rotatable bonds is 6. The van der Waals surface area contributed by atoms with E-state index in [0.717, 1.165) is 0 Å². The number of hydrogen-bond acceptors (Lipinski definition) is 5. The Balaban J connectivity index is 1.82. The van der Waals surface area contributed by atoms with Crippen LogP contribution in [0.1, 0.15) is 25.6 Å². The Morgan fingerprint density at radius 3 is 2.59 bits per heavy atom. The SMILES string of the molecule is COc1c(CNC(=O)c2cccs2)cc(Cl)cc1NC(=O)c1ccc(O)c(Cl)c1. The summed E-state index contributed by atoms with van der Waals surface area (Å²) in [5.74, 6) is -0.418. The lowest BCUT2D eigenvalue weighted by Gasteiger charge is -2.16. The number of carbonyl (C=O) groups is 2. The smallest absolute Gasteiger partial charge is 0.261 e. The molecule has 3 rings (SSSR count). The number of benzene rings is 2. The Hall–Kier alpha value is -2.74. The van der Waals surface area contributed by atoms with Crippen LogP contribution >= 0.6 is 34.5 Å². The first kappa shape index (κ1) is 21.0. The number of hydrogen-bond donors (Lipinski definition) is 3. The van der Waals surface area contributed by atoms with Crippen molar-refractivity contribution < 1.29 is 19.4 Å². The van der Waals surface area contributed by atoms with Crippen molar-refractivity contribution in [3.63, 3.8) is 0 Å². The predicted octanol–water partition coefficient (Wildman–Crippen LogP) is 4.95. The van der Waals surface area contributed by atoms with E-state index >= 15 is 0 Å². The molecule has 150 valence electrons. The molecule has 3 N–H and O–H groups in total. The van der Waals surface area contributed by atoms with Crippen molar-refractivity contribution in [2.75, 3.05) is 12.4 Å². The summed E-state index contributed by atoms with van der Waals surface area (Å²) >= 11 is 13.4. The number of nitrogens with one attached hydrogen (secondary N) is 2. The van der Waals surface area contributed by atoms with E-state index in [2.05, 4.69) is 10.6 Å². The molecule has 2 aromatic carbocycles. The van der Waals surface area contributed by atoms with Crippen LogP contribution in [0.25, 0.3) is 0 Å². The van der Waals surface area contributed by atoms with Crippen LogP contribution in [0.15, 0.2) is 47.8 Å². The van der Waals surface area contributed by atoms with Gasteiger partial charge in [-0.3, -0.25) is 9.59 Å². The van der Waals surface area contributed by atoms with Crippen LogP contribution in [0, 0.1) is 0 Å². The summed E-state index contributed by atoms with van der Waals surface area (Å²) < 4.78 is 5.45. The van der Waals surface area contributed by atoms with Crippen LogP contribution in [0.3, 0.4) is 0 Å². The summed E-state index contributed by atoms with van der Waals surface area (Å²) in [7, 11) is 1.46. The Bertz CT molecular complexity index is 1050. The predicted molar refractivity (Wildman–Crippen MR) is 115 cm³/mol. The second-order valence-corrected chi connectivity index (χ2v) is 7.72. The Morgan fingerprint density at radius 1 is 1.14 bits per heavy atom. The zero-order chi connectivity index (χ0) is 21.0. The molecule has 0 saturated carbocycles. The van der Waals surface area contributed by atoms with Crippen molar-refractivity contribution in [1.82, 2.24) is 5.32 Å². The molecule has 0 spiro atoms. The summed E-state index contributed by atoms with van der Waals surface area (Å²) in [4.78, 5) is 25.4. The molecule has 0 bridgehead atoms. The van der Waals surface area contributed by atoms with Gasteiger partial charge in [-0.1, -0.05) is 29.3 Å². The van der Waals surface area contributed by atoms with Gasteiger partial charge in [0.15, 0.2) is 0 Å². The molecule has 1 heterocycles. The topological polar surface area (TPSA) is 87.7 Å². The van der Waals surface area contributed by atoms with Gasteiger partial charge in [0.25, 0.3) is 11.8 Å². The molecule has 0 unspecified atom stereocenters. The number of carbonyl (C=O) groups excluding carboxylic acids is 2. The van der Waals surface area contributed by atoms with Crippen LogP contribution in [-0.4, -0.2) is 24.0 Å². The first-order chi connectivity index (χ1) is 13.9. The van der Waals surface area contributed by atoms with Crippen molar-refractivity contribution in [2.45, 2.75) is 6.54 Å². The summed E-state index contributed by atoms with van der Waals surface area (Å²) in [6, 6.07) is 10.8. The van der Waals surface area contributed by atoms with Crippen molar-refractivity contribution in [2.24, 2.45) is 0 Å². The first-order valence-corrected chi connectivity index (χ1v) is 10.0. The van der Waals surface area contributed by atoms with Crippen LogP contribution < -0.4 is 15.4 Å². The molecule has 0 fully saturated rings. The number of thiophene rings is 1. The number of ether oxygens (including phenoxy) is 1. The summed E-state index contributed by atoms with van der Waals surface area (Å²) in [6.07, 6.45) is 0. The monoisotopic (exact) mass is 450 g/mol. The molecular formula is C20H16Cl2N2O4S. The van der Waals surface area contributed by atoms with Gasteiger partial charge in [0, 0.05) is 22.7 Å². The number of phenols is 1. The summed E-state index contributed by atoms with van der Waals surface area (Å²) in [5, 5.41) is 17.3. The van der Waals surface area contributed by atoms with Gasteiger partial charge in [-0.25, -0.2) is 0 Å². The first-order valence-electron chi connectivity index (χ1n) is 8.37. The second kappa shape index (κ2) is 9.17. The third kappa shape index (κ3) is 5.00. The van der Waals surface area contributed by atoms with Gasteiger partial charge in [0.2, 0.25) is 0 Å². The van der Waals surface area contributed by atoms with Crippen LogP contribution in [-0.2, 0) is 6.54 Å². The van der Waals surface area contributed by atoms with Crippen LogP contribution in [0.5, 0.6) is 11.5 Å². The molecule has 2 amide bonds. The zero-order valence-corrected chi connectivity index (χ0v) is 17.5. The lowest BCUT2D eigenvalue weighted by molar-refractivity contribution is 0.0953. The number of phenolic OH excluding ortho intramolecular Hbond substituents is 1. The maximum absolute atomic E-state index is 12.6. The molecule has 3 aromatic rings. The fourth-order valence-electron chi connectivity index (χ4n) is 2.63. The van der Waals surface area contributed by atoms with Gasteiger partial charge >= 0.3 is 0 Å². The molecule has 0 aliphatic rings. The van der Waals surface area contributed by atoms with E-state index in [1.807, 2.05) is 5.38 Å². The molecule has 0 atom stereocenters. The van der Waals surface area contributed by atoms with E-state index in [9.17, 15) is 14.7 Å². The molecule has 6 nitrogen and oxygen atoms in total. The van der Waals surface area contributed by atoms with E-state index in [-0.39, 0.29) is 28.8 Å². The van der Waals surface area contributed by atoms with Gasteiger partial charge in [0.05, 0.1) is 22.7 Å². The number of amides is 2. The molecule has 9 heteroatoms. The highest BCUT2D eigenvalue weighted by atomic mass is 35.5. The van der Waals surface area contributed by atoms with Crippen LogP contribution in [0.4, 0.5) is 5.69 Å². The second-order valence-electron chi connectivity index (χ2n) is 5.93. The van der Waals surface area contributed by atoms with Crippen molar-refractivity contribution in [3.8, 4) is 11.5 Å². The molecule has 0 aliphatic heterocycles. The maximum Gasteiger partial charge on any atom is 0.261 e. The molecule has 0 saturated heterocycles. The highest BCUT2D eigenvalue weighted by molar-refractivity contribution is 7.12. The quantitative estimate of drug-likeness (QED) is 0.495. The molecular weight excluding hydrogens is 435 g/mol. The Labute approximate surface area is 181 Å². The standard InChI is InChI=1S/C20H16Cl2N2O4S/c1-28-18-12(10-23-20(27)17-3-2-6-29-17)7-13(21)9-15(18)24-19(26)11-4-5-16(25)14(22)8-11/h2-9,25H,10H2,1H3,(H,23,27)(H,24,26). The summed E-state index contributed by atoms with van der Waals surface area (Å²) in [6.45, 7) is 0.161. The van der Waals surface area contributed by atoms with E-state index in [4.69, 9.17) is 27.9 Å². The highest BCUT2D eigenvalue weighted by Gasteiger charge is 2.17. The minimum Gasteiger partial charge on any atom is -0.506 e. The van der Waals surface area contributed by atoms with Crippen molar-refractivity contribution in [3.05, 3.63) is 73.9 Å². The fourth-order valence-corrected chi connectivity index (χ4v) is 3.69. The van der Waals surface area contributed by atoms with E-state index in [0.29, 0.717) is 26.9 Å². The molecule has 29 heavy (non-hydrogen) atoms. The third-order valence-corrected chi connectivity index (χ3v) is 5.37. The van der Waals surface area contributed by atoms with E-state index < -0.39 is 5.91 Å². The average molecular weight is 451 g/mol. The molecule has 1 aromatic heterocycles. The maximum atomic E-state index is 12.6. The Kier molecular flexibility index (Phi) is 6.64. The fraction of sp³-hybridized carbons (Fsp3) is 0.100. The minimum atomic E-state index is -0.457.